The van der Waals surface area contributed by atoms with E-state index in [2.05, 4.69) is 19.9 Å². The zero-order valence-electron chi connectivity index (χ0n) is 12.9. The van der Waals surface area contributed by atoms with Crippen molar-refractivity contribution in [3.8, 4) is 0 Å². The second-order valence-corrected chi connectivity index (χ2v) is 8.16. The number of thioether (sulfide) groups is 1. The first kappa shape index (κ1) is 14.1. The molecule has 3 aliphatic rings. The van der Waals surface area contributed by atoms with E-state index in [1.807, 2.05) is 28.0 Å². The number of benzene rings is 1. The predicted molar refractivity (Wildman–Crippen MR) is 87.8 cm³/mol. The van der Waals surface area contributed by atoms with Crippen molar-refractivity contribution >= 4 is 29.3 Å². The molecular formula is C17H20N2O2S. The molecule has 0 aliphatic carbocycles. The smallest absolute Gasteiger partial charge is 0.250 e. The van der Waals surface area contributed by atoms with E-state index in [-0.39, 0.29) is 28.8 Å². The van der Waals surface area contributed by atoms with E-state index in [4.69, 9.17) is 0 Å². The predicted octanol–water partition coefficient (Wildman–Crippen LogP) is 2.42. The molecule has 3 heterocycles. The summed E-state index contributed by atoms with van der Waals surface area (Å²) in [6, 6.07) is 7.97. The Morgan fingerprint density at radius 2 is 2.14 bits per heavy atom. The highest BCUT2D eigenvalue weighted by molar-refractivity contribution is 8.01. The lowest BCUT2D eigenvalue weighted by Gasteiger charge is -2.33. The maximum atomic E-state index is 13.2. The molecule has 0 N–H and O–H groups in total. The van der Waals surface area contributed by atoms with Crippen molar-refractivity contribution in [2.45, 2.75) is 50.1 Å². The van der Waals surface area contributed by atoms with Gasteiger partial charge in [-0.25, -0.2) is 0 Å². The Bertz CT molecular complexity index is 662. The minimum Gasteiger partial charge on any atom is -0.315 e. The van der Waals surface area contributed by atoms with Gasteiger partial charge in [0.15, 0.2) is 0 Å². The summed E-state index contributed by atoms with van der Waals surface area (Å²) < 4.78 is 0. The molecule has 2 saturated heterocycles. The summed E-state index contributed by atoms with van der Waals surface area (Å²) in [5, 5.41) is 0. The number of anilines is 1. The molecule has 4 nitrogen and oxygen atoms in total. The summed E-state index contributed by atoms with van der Waals surface area (Å²) in [4.78, 5) is 29.0. The van der Waals surface area contributed by atoms with E-state index in [1.165, 1.54) is 5.56 Å². The fourth-order valence-corrected chi connectivity index (χ4v) is 5.49. The average molecular weight is 316 g/mol. The minimum atomic E-state index is -0.307. The number of hydrogen-bond acceptors (Lipinski definition) is 3. The lowest BCUT2D eigenvalue weighted by atomic mass is 10.1. The van der Waals surface area contributed by atoms with Gasteiger partial charge in [-0.15, -0.1) is 11.8 Å². The van der Waals surface area contributed by atoms with Crippen molar-refractivity contribution in [1.82, 2.24) is 4.90 Å². The standard InChI is InChI=1S/C17H20N2O2S/c1-11-9-12-5-3-4-6-13(12)18(11)16(21)14-10-22-17(2)8-7-15(20)19(14)17/h3-6,11,14H,7-10H2,1-2H3/t11-,14-,17-/m0/s1. The summed E-state index contributed by atoms with van der Waals surface area (Å²) >= 11 is 1.75. The molecule has 0 unspecified atom stereocenters. The molecule has 1 aromatic rings. The fourth-order valence-electron chi connectivity index (χ4n) is 4.07. The molecule has 3 aliphatic heterocycles. The Labute approximate surface area is 134 Å². The van der Waals surface area contributed by atoms with Crippen LogP contribution in [0.4, 0.5) is 5.69 Å². The van der Waals surface area contributed by atoms with Crippen LogP contribution in [-0.4, -0.2) is 39.4 Å². The molecular weight excluding hydrogens is 296 g/mol. The van der Waals surface area contributed by atoms with Crippen LogP contribution in [0.5, 0.6) is 0 Å². The van der Waals surface area contributed by atoms with Gasteiger partial charge in [-0.05, 0) is 38.3 Å². The second kappa shape index (κ2) is 4.75. The largest absolute Gasteiger partial charge is 0.315 e. The maximum Gasteiger partial charge on any atom is 0.250 e. The van der Waals surface area contributed by atoms with Crippen molar-refractivity contribution in [2.24, 2.45) is 0 Å². The molecule has 0 bridgehead atoms. The third-order valence-electron chi connectivity index (χ3n) is 5.17. The zero-order chi connectivity index (χ0) is 15.5. The van der Waals surface area contributed by atoms with Gasteiger partial charge in [0.25, 0.3) is 5.91 Å². The lowest BCUT2D eigenvalue weighted by molar-refractivity contribution is -0.136. The molecule has 3 atom stereocenters. The number of para-hydroxylation sites is 1. The summed E-state index contributed by atoms with van der Waals surface area (Å²) in [5.74, 6) is 0.932. The third kappa shape index (κ3) is 1.84. The number of hydrogen-bond donors (Lipinski definition) is 0. The average Bonchev–Trinajstić information content (AvgIpc) is 3.09. The number of fused-ring (bicyclic) bond motifs is 2. The number of carbonyl (C=O) groups excluding carboxylic acids is 2. The van der Waals surface area contributed by atoms with Crippen LogP contribution in [0.25, 0.3) is 0 Å². The van der Waals surface area contributed by atoms with E-state index in [9.17, 15) is 9.59 Å². The molecule has 5 heteroatoms. The Hall–Kier alpha value is -1.49. The van der Waals surface area contributed by atoms with Crippen LogP contribution in [0.2, 0.25) is 0 Å². The van der Waals surface area contributed by atoms with Crippen LogP contribution in [0.1, 0.15) is 32.3 Å². The lowest BCUT2D eigenvalue weighted by Crippen LogP contribution is -2.52. The monoisotopic (exact) mass is 316 g/mol. The van der Waals surface area contributed by atoms with Crippen LogP contribution in [0.15, 0.2) is 24.3 Å². The van der Waals surface area contributed by atoms with Gasteiger partial charge in [0.1, 0.15) is 6.04 Å². The fraction of sp³-hybridized carbons (Fsp3) is 0.529. The highest BCUT2D eigenvalue weighted by Crippen LogP contribution is 2.48. The van der Waals surface area contributed by atoms with E-state index >= 15 is 0 Å². The third-order valence-corrected chi connectivity index (χ3v) is 6.68. The topological polar surface area (TPSA) is 40.6 Å². The van der Waals surface area contributed by atoms with Gasteiger partial charge in [-0.1, -0.05) is 18.2 Å². The maximum absolute atomic E-state index is 13.2. The zero-order valence-corrected chi connectivity index (χ0v) is 13.7. The Kier molecular flexibility index (Phi) is 3.05. The van der Waals surface area contributed by atoms with E-state index in [1.54, 1.807) is 11.8 Å². The van der Waals surface area contributed by atoms with Crippen LogP contribution in [-0.2, 0) is 16.0 Å². The molecule has 2 fully saturated rings. The molecule has 0 saturated carbocycles. The first-order chi connectivity index (χ1) is 10.5. The van der Waals surface area contributed by atoms with Gasteiger partial charge in [-0.3, -0.25) is 9.59 Å². The van der Waals surface area contributed by atoms with Gasteiger partial charge in [-0.2, -0.15) is 0 Å². The molecule has 0 radical (unpaired) electrons. The number of nitrogens with zero attached hydrogens (tertiary/aromatic N) is 2. The van der Waals surface area contributed by atoms with Crippen LogP contribution < -0.4 is 4.90 Å². The van der Waals surface area contributed by atoms with E-state index in [0.717, 1.165) is 18.5 Å². The minimum absolute atomic E-state index is 0.0870. The van der Waals surface area contributed by atoms with E-state index in [0.29, 0.717) is 12.2 Å². The molecule has 4 rings (SSSR count). The van der Waals surface area contributed by atoms with Gasteiger partial charge in [0.05, 0.1) is 4.87 Å². The summed E-state index contributed by atoms with van der Waals surface area (Å²) in [5.41, 5.74) is 2.25. The Balaban J connectivity index is 1.67. The molecule has 0 spiro atoms. The summed E-state index contributed by atoms with van der Waals surface area (Å²) in [7, 11) is 0. The van der Waals surface area contributed by atoms with Gasteiger partial charge in [0, 0.05) is 23.9 Å². The molecule has 0 aromatic heterocycles. The SMILES string of the molecule is C[C@H]1Cc2ccccc2N1C(=O)[C@@H]1CS[C@@]2(C)CCC(=O)N12. The Morgan fingerprint density at radius 1 is 1.36 bits per heavy atom. The number of rotatable bonds is 1. The highest BCUT2D eigenvalue weighted by atomic mass is 32.2. The summed E-state index contributed by atoms with van der Waals surface area (Å²) in [6.07, 6.45) is 2.32. The van der Waals surface area contributed by atoms with Crippen molar-refractivity contribution in [1.29, 1.82) is 0 Å². The van der Waals surface area contributed by atoms with Gasteiger partial charge in [0.2, 0.25) is 5.91 Å². The van der Waals surface area contributed by atoms with Gasteiger partial charge >= 0.3 is 0 Å². The number of carbonyl (C=O) groups is 2. The normalized spacial score (nSPS) is 33.3. The quantitative estimate of drug-likeness (QED) is 0.799. The van der Waals surface area contributed by atoms with Crippen LogP contribution in [0.3, 0.4) is 0 Å². The molecule has 22 heavy (non-hydrogen) atoms. The van der Waals surface area contributed by atoms with E-state index < -0.39 is 0 Å². The van der Waals surface area contributed by atoms with Crippen molar-refractivity contribution < 1.29 is 9.59 Å². The molecule has 2 amide bonds. The highest BCUT2D eigenvalue weighted by Gasteiger charge is 2.54. The number of amides is 2. The first-order valence-electron chi connectivity index (χ1n) is 7.88. The van der Waals surface area contributed by atoms with Crippen molar-refractivity contribution in [2.75, 3.05) is 10.7 Å². The van der Waals surface area contributed by atoms with Crippen molar-refractivity contribution in [3.63, 3.8) is 0 Å². The van der Waals surface area contributed by atoms with Crippen molar-refractivity contribution in [3.05, 3.63) is 29.8 Å². The molecule has 1 aromatic carbocycles. The molecule has 116 valence electrons. The van der Waals surface area contributed by atoms with Crippen LogP contribution >= 0.6 is 11.8 Å². The summed E-state index contributed by atoms with van der Waals surface area (Å²) in [6.45, 7) is 4.18. The first-order valence-corrected chi connectivity index (χ1v) is 8.87. The van der Waals surface area contributed by atoms with Crippen LogP contribution in [0, 0.1) is 0 Å². The van der Waals surface area contributed by atoms with Gasteiger partial charge < -0.3 is 9.80 Å². The second-order valence-electron chi connectivity index (χ2n) is 6.66. The Morgan fingerprint density at radius 3 is 2.95 bits per heavy atom.